The molecule has 0 rings (SSSR count). The van der Waals surface area contributed by atoms with Gasteiger partial charge < -0.3 is 14.0 Å². The topological polar surface area (TPSA) is 79.2 Å². The lowest BCUT2D eigenvalue weighted by atomic mass is 11.8. The largest absolute Gasteiger partial charge is 0.701 e. The maximum Gasteiger partial charge on any atom is 0.701 e. The third-order valence-electron chi connectivity index (χ3n) is 0.385. The summed E-state index contributed by atoms with van der Waals surface area (Å²) in [5.41, 5.74) is 0. The highest BCUT2D eigenvalue weighted by atomic mass is 28.4. The second kappa shape index (κ2) is 2.36. The number of hydrogen-bond acceptors (Lipinski definition) is 5. The molecule has 0 saturated heterocycles. The van der Waals surface area contributed by atoms with Crippen LogP contribution in [0, 0.1) is 0 Å². The summed E-state index contributed by atoms with van der Waals surface area (Å²) in [6.45, 7) is 0. The van der Waals surface area contributed by atoms with E-state index < -0.39 is 9.05 Å². The highest BCUT2D eigenvalue weighted by Crippen LogP contribution is 1.89. The lowest BCUT2D eigenvalue weighted by Crippen LogP contribution is -2.40. The van der Waals surface area contributed by atoms with E-state index in [2.05, 4.69) is 9.00 Å². The van der Waals surface area contributed by atoms with Gasteiger partial charge in [-0.1, -0.05) is 0 Å². The molecule has 0 aliphatic rings. The molecular weight excluding hydrogens is 120 g/mol. The normalized spacial score (nSPS) is 12.0. The molecule has 0 aromatic heterocycles. The van der Waals surface area contributed by atoms with Gasteiger partial charge in [-0.25, -0.2) is 0 Å². The van der Waals surface area contributed by atoms with E-state index in [0.29, 0.717) is 0 Å². The molecule has 0 bridgehead atoms. The zero-order chi connectivity index (χ0) is 5.91. The molecule has 0 fully saturated rings. The van der Waals surface area contributed by atoms with Crippen molar-refractivity contribution in [2.45, 2.75) is 0 Å². The molecule has 0 spiro atoms. The van der Waals surface area contributed by atoms with E-state index in [1.54, 1.807) is 0 Å². The Kier molecular flexibility index (Phi) is 2.36. The molecule has 0 atom stereocenters. The predicted octanol–water partition coefficient (Wildman–Crippen LogP) is -1.46. The van der Waals surface area contributed by atoms with Gasteiger partial charge in [0, 0.05) is 7.11 Å². The molecule has 0 aliphatic heterocycles. The zero-order valence-electron chi connectivity index (χ0n) is 3.66. The standard InChI is InChI=1S/CH6O5Si/c1-5-7(3,4)6-2/h2-4H,1H3. The van der Waals surface area contributed by atoms with Crippen molar-refractivity contribution < 1.29 is 23.9 Å². The summed E-state index contributed by atoms with van der Waals surface area (Å²) in [4.78, 5) is 16.3. The van der Waals surface area contributed by atoms with E-state index in [1.165, 1.54) is 0 Å². The fraction of sp³-hybridized carbons (Fsp3) is 1.00. The van der Waals surface area contributed by atoms with E-state index in [-0.39, 0.29) is 0 Å². The van der Waals surface area contributed by atoms with Gasteiger partial charge >= 0.3 is 9.05 Å². The fourth-order valence-corrected chi connectivity index (χ4v) is 0.112. The van der Waals surface area contributed by atoms with Gasteiger partial charge in [0.25, 0.3) is 0 Å². The summed E-state index contributed by atoms with van der Waals surface area (Å²) < 4.78 is 6.98. The molecule has 0 unspecified atom stereocenters. The van der Waals surface area contributed by atoms with Gasteiger partial charge in [-0.05, 0) is 0 Å². The van der Waals surface area contributed by atoms with Crippen LogP contribution in [0.15, 0.2) is 0 Å². The maximum atomic E-state index is 8.13. The Labute approximate surface area is 41.2 Å². The average molecular weight is 126 g/mol. The van der Waals surface area contributed by atoms with Crippen molar-refractivity contribution >= 4 is 9.05 Å². The minimum atomic E-state index is -4.10. The van der Waals surface area contributed by atoms with Crippen LogP contribution in [-0.4, -0.2) is 31.0 Å². The first-order valence-corrected chi connectivity index (χ1v) is 3.16. The van der Waals surface area contributed by atoms with Crippen molar-refractivity contribution in [3.63, 3.8) is 0 Å². The van der Waals surface area contributed by atoms with Crippen LogP contribution in [0.1, 0.15) is 0 Å². The summed E-state index contributed by atoms with van der Waals surface area (Å²) in [5, 5.41) is 7.53. The Balaban J connectivity index is 3.36. The lowest BCUT2D eigenvalue weighted by Gasteiger charge is -2.06. The van der Waals surface area contributed by atoms with E-state index in [4.69, 9.17) is 14.8 Å². The van der Waals surface area contributed by atoms with Crippen LogP contribution in [0.2, 0.25) is 0 Å². The van der Waals surface area contributed by atoms with Gasteiger partial charge in [-0.15, -0.1) is 0 Å². The van der Waals surface area contributed by atoms with Gasteiger partial charge in [0.2, 0.25) is 0 Å². The highest BCUT2D eigenvalue weighted by Gasteiger charge is 2.35. The van der Waals surface area contributed by atoms with Gasteiger partial charge in [-0.3, -0.25) is 5.26 Å². The van der Waals surface area contributed by atoms with E-state index in [0.717, 1.165) is 7.11 Å². The van der Waals surface area contributed by atoms with Crippen LogP contribution in [-0.2, 0) is 9.00 Å². The molecule has 3 N–H and O–H groups in total. The highest BCUT2D eigenvalue weighted by molar-refractivity contribution is 6.49. The molecular formula is CH6O5Si. The summed E-state index contributed by atoms with van der Waals surface area (Å²) in [6.07, 6.45) is 0. The zero-order valence-corrected chi connectivity index (χ0v) is 4.66. The number of hydrogen-bond donors (Lipinski definition) is 3. The van der Waals surface area contributed by atoms with Crippen LogP contribution in [0.5, 0.6) is 0 Å². The molecule has 0 amide bonds. The first kappa shape index (κ1) is 7.02. The molecule has 6 heteroatoms. The van der Waals surface area contributed by atoms with Gasteiger partial charge in [0.05, 0.1) is 0 Å². The molecule has 0 aromatic carbocycles. The quantitative estimate of drug-likeness (QED) is 0.239. The van der Waals surface area contributed by atoms with Crippen molar-refractivity contribution in [2.24, 2.45) is 0 Å². The lowest BCUT2D eigenvalue weighted by molar-refractivity contribution is -0.213. The van der Waals surface area contributed by atoms with E-state index in [1.807, 2.05) is 0 Å². The average Bonchev–Trinajstić information content (AvgIpc) is 1.68. The second-order valence-electron chi connectivity index (χ2n) is 0.844. The smallest absolute Gasteiger partial charge is 0.366 e. The van der Waals surface area contributed by atoms with Gasteiger partial charge in [-0.2, -0.15) is 4.58 Å². The van der Waals surface area contributed by atoms with Crippen LogP contribution >= 0.6 is 0 Å². The first-order chi connectivity index (χ1) is 3.12. The van der Waals surface area contributed by atoms with Crippen molar-refractivity contribution in [1.82, 2.24) is 0 Å². The third kappa shape index (κ3) is 2.68. The Hall–Kier alpha value is 0.0169. The summed E-state index contributed by atoms with van der Waals surface area (Å²) in [6, 6.07) is 0. The molecule has 0 heterocycles. The SMILES string of the molecule is CO[Si](O)(O)OO. The first-order valence-electron chi connectivity index (χ1n) is 1.45. The molecule has 0 radical (unpaired) electrons. The Morgan fingerprint density at radius 3 is 1.86 bits per heavy atom. The minimum Gasteiger partial charge on any atom is -0.366 e. The minimum absolute atomic E-state index is 1.02. The molecule has 0 saturated carbocycles. The summed E-state index contributed by atoms with van der Waals surface area (Å²) >= 11 is 0. The maximum absolute atomic E-state index is 8.13. The van der Waals surface area contributed by atoms with Gasteiger partial charge in [0.15, 0.2) is 0 Å². The molecule has 44 valence electrons. The van der Waals surface area contributed by atoms with Crippen LogP contribution in [0.4, 0.5) is 0 Å². The second-order valence-corrected chi connectivity index (χ2v) is 2.53. The van der Waals surface area contributed by atoms with E-state index in [9.17, 15) is 0 Å². The van der Waals surface area contributed by atoms with Crippen molar-refractivity contribution in [1.29, 1.82) is 0 Å². The third-order valence-corrected chi connectivity index (χ3v) is 1.15. The summed E-state index contributed by atoms with van der Waals surface area (Å²) in [7, 11) is -3.08. The molecule has 5 nitrogen and oxygen atoms in total. The fourth-order valence-electron chi connectivity index (χ4n) is 0.0373. The Morgan fingerprint density at radius 2 is 1.86 bits per heavy atom. The summed E-state index contributed by atoms with van der Waals surface area (Å²) in [5.74, 6) is 0. The van der Waals surface area contributed by atoms with Crippen molar-refractivity contribution in [3.8, 4) is 0 Å². The molecule has 7 heavy (non-hydrogen) atoms. The molecule has 0 aliphatic carbocycles. The Morgan fingerprint density at radius 1 is 1.43 bits per heavy atom. The van der Waals surface area contributed by atoms with Crippen molar-refractivity contribution in [2.75, 3.05) is 7.11 Å². The van der Waals surface area contributed by atoms with Crippen LogP contribution < -0.4 is 0 Å². The van der Waals surface area contributed by atoms with Crippen molar-refractivity contribution in [3.05, 3.63) is 0 Å². The number of rotatable bonds is 2. The van der Waals surface area contributed by atoms with Crippen LogP contribution in [0.3, 0.4) is 0 Å². The van der Waals surface area contributed by atoms with Crippen LogP contribution in [0.25, 0.3) is 0 Å². The monoisotopic (exact) mass is 126 g/mol. The predicted molar refractivity (Wildman–Crippen MR) is 20.9 cm³/mol. The van der Waals surface area contributed by atoms with E-state index >= 15 is 0 Å². The Bertz CT molecular complexity index is 46.0. The van der Waals surface area contributed by atoms with Gasteiger partial charge in [0.1, 0.15) is 0 Å². The molecule has 0 aromatic rings.